The molecule has 1 aromatic carbocycles. The van der Waals surface area contributed by atoms with Gasteiger partial charge >= 0.3 is 0 Å². The lowest BCUT2D eigenvalue weighted by Gasteiger charge is -2.16. The van der Waals surface area contributed by atoms with Crippen LogP contribution in [-0.4, -0.2) is 27.6 Å². The number of aromatic nitrogens is 2. The Morgan fingerprint density at radius 1 is 1.29 bits per heavy atom. The molecule has 0 aliphatic rings. The molecule has 0 N–H and O–H groups in total. The number of amides is 1. The Bertz CT molecular complexity index is 619. The normalized spacial score (nSPS) is 10.7. The molecule has 1 aromatic heterocycles. The van der Waals surface area contributed by atoms with E-state index in [9.17, 15) is 4.79 Å². The Morgan fingerprint density at radius 2 is 1.95 bits per heavy atom. The fourth-order valence-electron chi connectivity index (χ4n) is 2.11. The van der Waals surface area contributed by atoms with Crippen LogP contribution in [0.15, 0.2) is 34.9 Å². The molecule has 0 aliphatic carbocycles. The lowest BCUT2D eigenvalue weighted by Crippen LogP contribution is -2.26. The van der Waals surface area contributed by atoms with Crippen molar-refractivity contribution in [2.24, 2.45) is 0 Å². The van der Waals surface area contributed by atoms with Crippen LogP contribution in [0.2, 0.25) is 0 Å². The van der Waals surface area contributed by atoms with Crippen LogP contribution in [0.25, 0.3) is 0 Å². The second kappa shape index (κ2) is 6.89. The molecule has 0 saturated carbocycles. The van der Waals surface area contributed by atoms with Gasteiger partial charge in [-0.2, -0.15) is 5.10 Å². The molecule has 0 saturated heterocycles. The van der Waals surface area contributed by atoms with Gasteiger partial charge in [-0.05, 0) is 47.0 Å². The second-order valence-corrected chi connectivity index (χ2v) is 5.85. The molecule has 0 aliphatic heterocycles. The predicted octanol–water partition coefficient (Wildman–Crippen LogP) is 3.50. The molecule has 2 aromatic rings. The molecule has 0 atom stereocenters. The maximum atomic E-state index is 12.4. The first-order valence-corrected chi connectivity index (χ1v) is 7.90. The molecule has 5 heteroatoms. The van der Waals surface area contributed by atoms with Crippen molar-refractivity contribution in [2.45, 2.75) is 33.4 Å². The van der Waals surface area contributed by atoms with Crippen molar-refractivity contribution < 1.29 is 4.79 Å². The van der Waals surface area contributed by atoms with Gasteiger partial charge in [-0.3, -0.25) is 9.48 Å². The minimum absolute atomic E-state index is 0.00982. The molecule has 112 valence electrons. The van der Waals surface area contributed by atoms with E-state index in [2.05, 4.69) is 28.0 Å². The number of hydrogen-bond donors (Lipinski definition) is 0. The summed E-state index contributed by atoms with van der Waals surface area (Å²) in [5.41, 5.74) is 2.82. The molecular weight excluding hydrogens is 330 g/mol. The first-order chi connectivity index (χ1) is 10.0. The van der Waals surface area contributed by atoms with Gasteiger partial charge in [-0.25, -0.2) is 0 Å². The molecule has 0 bridgehead atoms. The van der Waals surface area contributed by atoms with E-state index in [1.165, 1.54) is 5.56 Å². The van der Waals surface area contributed by atoms with Crippen molar-refractivity contribution in [3.8, 4) is 0 Å². The zero-order chi connectivity index (χ0) is 15.4. The second-order valence-electron chi connectivity index (χ2n) is 4.99. The van der Waals surface area contributed by atoms with Crippen molar-refractivity contribution in [2.75, 3.05) is 7.05 Å². The molecule has 4 nitrogen and oxygen atoms in total. The minimum atomic E-state index is 0.00982. The molecule has 0 unspecified atom stereocenters. The summed E-state index contributed by atoms with van der Waals surface area (Å²) < 4.78 is 2.79. The number of halogens is 1. The molecule has 2 rings (SSSR count). The van der Waals surface area contributed by atoms with E-state index in [1.807, 2.05) is 42.1 Å². The van der Waals surface area contributed by atoms with E-state index in [0.29, 0.717) is 12.1 Å². The summed E-state index contributed by atoms with van der Waals surface area (Å²) in [5, 5.41) is 4.45. The van der Waals surface area contributed by atoms with Crippen LogP contribution in [0.5, 0.6) is 0 Å². The van der Waals surface area contributed by atoms with Gasteiger partial charge in [-0.15, -0.1) is 0 Å². The smallest absolute Gasteiger partial charge is 0.253 e. The highest BCUT2D eigenvalue weighted by atomic mass is 79.9. The van der Waals surface area contributed by atoms with Gasteiger partial charge < -0.3 is 4.90 Å². The Kier molecular flexibility index (Phi) is 5.17. The summed E-state index contributed by atoms with van der Waals surface area (Å²) in [6.45, 7) is 5.44. The predicted molar refractivity (Wildman–Crippen MR) is 87.2 cm³/mol. The summed E-state index contributed by atoms with van der Waals surface area (Å²) in [6.07, 6.45) is 2.91. The molecule has 0 radical (unpaired) electrons. The third kappa shape index (κ3) is 3.73. The van der Waals surface area contributed by atoms with Crippen LogP contribution in [0.3, 0.4) is 0 Å². The molecule has 21 heavy (non-hydrogen) atoms. The lowest BCUT2D eigenvalue weighted by atomic mass is 10.1. The van der Waals surface area contributed by atoms with E-state index in [4.69, 9.17) is 0 Å². The fraction of sp³-hybridized carbons (Fsp3) is 0.375. The van der Waals surface area contributed by atoms with Crippen molar-refractivity contribution >= 4 is 21.8 Å². The van der Waals surface area contributed by atoms with E-state index in [-0.39, 0.29) is 5.91 Å². The highest BCUT2D eigenvalue weighted by molar-refractivity contribution is 9.10. The zero-order valence-corrected chi connectivity index (χ0v) is 14.2. The van der Waals surface area contributed by atoms with Gasteiger partial charge in [0.25, 0.3) is 5.91 Å². The van der Waals surface area contributed by atoms with Gasteiger partial charge in [0.2, 0.25) is 0 Å². The quantitative estimate of drug-likeness (QED) is 0.828. The highest BCUT2D eigenvalue weighted by Crippen LogP contribution is 2.17. The third-order valence-corrected chi connectivity index (χ3v) is 4.12. The number of benzene rings is 1. The van der Waals surface area contributed by atoms with E-state index < -0.39 is 0 Å². The Labute approximate surface area is 133 Å². The van der Waals surface area contributed by atoms with Crippen LogP contribution < -0.4 is 0 Å². The molecule has 0 fully saturated rings. The number of carbonyl (C=O) groups is 1. The Hall–Kier alpha value is -1.62. The Balaban J connectivity index is 2.09. The highest BCUT2D eigenvalue weighted by Gasteiger charge is 2.15. The van der Waals surface area contributed by atoms with Gasteiger partial charge in [0.05, 0.1) is 16.7 Å². The van der Waals surface area contributed by atoms with Crippen molar-refractivity contribution in [1.29, 1.82) is 0 Å². The number of rotatable bonds is 5. The van der Waals surface area contributed by atoms with Crippen LogP contribution in [0.1, 0.15) is 35.5 Å². The summed E-state index contributed by atoms with van der Waals surface area (Å²) in [6, 6.07) is 7.78. The summed E-state index contributed by atoms with van der Waals surface area (Å²) in [5.74, 6) is 0.00982. The number of nitrogens with zero attached hydrogens (tertiary/aromatic N) is 3. The third-order valence-electron chi connectivity index (χ3n) is 3.45. The van der Waals surface area contributed by atoms with Crippen LogP contribution in [-0.2, 0) is 19.5 Å². The van der Waals surface area contributed by atoms with Crippen molar-refractivity contribution in [3.05, 3.63) is 51.8 Å². The Morgan fingerprint density at radius 3 is 2.48 bits per heavy atom. The van der Waals surface area contributed by atoms with Crippen LogP contribution in [0.4, 0.5) is 0 Å². The molecule has 1 amide bonds. The maximum Gasteiger partial charge on any atom is 0.253 e. The number of aryl methyl sites for hydroxylation is 2. The average Bonchev–Trinajstić information content (AvgIpc) is 2.86. The van der Waals surface area contributed by atoms with E-state index >= 15 is 0 Å². The maximum absolute atomic E-state index is 12.4. The first-order valence-electron chi connectivity index (χ1n) is 7.11. The van der Waals surface area contributed by atoms with Crippen molar-refractivity contribution in [1.82, 2.24) is 14.7 Å². The van der Waals surface area contributed by atoms with E-state index in [1.54, 1.807) is 11.9 Å². The van der Waals surface area contributed by atoms with Gasteiger partial charge in [0, 0.05) is 25.4 Å². The van der Waals surface area contributed by atoms with Crippen LogP contribution in [0, 0.1) is 0 Å². The molecule has 0 spiro atoms. The standard InChI is InChI=1S/C16H20BrN3O/c1-4-12-6-8-13(9-7-12)16(21)19(3)11-15-14(17)10-20(5-2)18-15/h6-10H,4-5,11H2,1-3H3. The van der Waals surface area contributed by atoms with Crippen LogP contribution >= 0.6 is 15.9 Å². The average molecular weight is 350 g/mol. The summed E-state index contributed by atoms with van der Waals surface area (Å²) in [7, 11) is 1.80. The molecule has 1 heterocycles. The summed E-state index contributed by atoms with van der Waals surface area (Å²) in [4.78, 5) is 14.1. The van der Waals surface area contributed by atoms with E-state index in [0.717, 1.165) is 23.1 Å². The monoisotopic (exact) mass is 349 g/mol. The topological polar surface area (TPSA) is 38.1 Å². The molecular formula is C16H20BrN3O. The largest absolute Gasteiger partial charge is 0.336 e. The summed E-state index contributed by atoms with van der Waals surface area (Å²) >= 11 is 3.49. The minimum Gasteiger partial charge on any atom is -0.336 e. The lowest BCUT2D eigenvalue weighted by molar-refractivity contribution is 0.0783. The zero-order valence-electron chi connectivity index (χ0n) is 12.6. The fourth-order valence-corrected chi connectivity index (χ4v) is 2.55. The van der Waals surface area contributed by atoms with Gasteiger partial charge in [0.1, 0.15) is 0 Å². The van der Waals surface area contributed by atoms with Crippen molar-refractivity contribution in [3.63, 3.8) is 0 Å². The first kappa shape index (κ1) is 15.8. The van der Waals surface area contributed by atoms with Gasteiger partial charge in [-0.1, -0.05) is 19.1 Å². The number of carbonyl (C=O) groups excluding carboxylic acids is 1. The number of hydrogen-bond acceptors (Lipinski definition) is 2. The SMILES string of the molecule is CCc1ccc(C(=O)N(C)Cc2nn(CC)cc2Br)cc1. The van der Waals surface area contributed by atoms with Gasteiger partial charge in [0.15, 0.2) is 0 Å².